The summed E-state index contributed by atoms with van der Waals surface area (Å²) in [5.74, 6) is 1.70. The van der Waals surface area contributed by atoms with E-state index in [1.54, 1.807) is 12.1 Å². The van der Waals surface area contributed by atoms with E-state index >= 15 is 0 Å². The number of rotatable bonds is 3. The number of pyridine rings is 1. The summed E-state index contributed by atoms with van der Waals surface area (Å²) in [6.07, 6.45) is 0.775. The van der Waals surface area contributed by atoms with Crippen LogP contribution < -0.4 is 10.5 Å². The van der Waals surface area contributed by atoms with Gasteiger partial charge < -0.3 is 10.5 Å². The van der Waals surface area contributed by atoms with E-state index in [1.165, 1.54) is 5.56 Å². The van der Waals surface area contributed by atoms with Gasteiger partial charge in [-0.25, -0.2) is 0 Å². The normalized spacial score (nSPS) is 10.1. The quantitative estimate of drug-likeness (QED) is 0.852. The molecule has 1 heterocycles. The zero-order chi connectivity index (χ0) is 11.4. The van der Waals surface area contributed by atoms with Crippen LogP contribution in [0, 0.1) is 6.92 Å². The van der Waals surface area contributed by atoms with Crippen molar-refractivity contribution in [1.29, 1.82) is 0 Å². The maximum absolute atomic E-state index is 5.56. The maximum atomic E-state index is 5.56. The van der Waals surface area contributed by atoms with Gasteiger partial charge in [0.25, 0.3) is 0 Å². The van der Waals surface area contributed by atoms with E-state index in [0.29, 0.717) is 11.7 Å². The van der Waals surface area contributed by atoms with E-state index in [2.05, 4.69) is 11.9 Å². The molecule has 1 radical (unpaired) electrons. The van der Waals surface area contributed by atoms with Gasteiger partial charge in [0.05, 0.1) is 0 Å². The van der Waals surface area contributed by atoms with Crippen LogP contribution in [0.1, 0.15) is 5.56 Å². The zero-order valence-electron chi connectivity index (χ0n) is 8.89. The van der Waals surface area contributed by atoms with Gasteiger partial charge >= 0.3 is 0 Å². The van der Waals surface area contributed by atoms with Crippen molar-refractivity contribution >= 4 is 5.82 Å². The maximum Gasteiger partial charge on any atom is 0.221 e. The zero-order valence-corrected chi connectivity index (χ0v) is 8.89. The first-order valence-corrected chi connectivity index (χ1v) is 5.06. The Kier molecular flexibility index (Phi) is 3.05. The van der Waals surface area contributed by atoms with Crippen LogP contribution in [0.4, 0.5) is 5.82 Å². The summed E-state index contributed by atoms with van der Waals surface area (Å²) in [7, 11) is 0. The molecule has 2 aromatic rings. The van der Waals surface area contributed by atoms with Crippen LogP contribution in [0.2, 0.25) is 0 Å². The lowest BCUT2D eigenvalue weighted by molar-refractivity contribution is 0.464. The Bertz CT molecular complexity index is 466. The van der Waals surface area contributed by atoms with Gasteiger partial charge in [-0.1, -0.05) is 18.2 Å². The second-order valence-electron chi connectivity index (χ2n) is 3.40. The lowest BCUT2D eigenvalue weighted by Gasteiger charge is -2.05. The predicted octanol–water partition coefficient (Wildman–Crippen LogP) is 2.83. The van der Waals surface area contributed by atoms with Gasteiger partial charge in [-0.15, -0.1) is 0 Å². The highest BCUT2D eigenvalue weighted by Crippen LogP contribution is 2.20. The third-order valence-corrected chi connectivity index (χ3v) is 2.18. The fraction of sp³-hybridized carbons (Fsp3) is 0.0769. The lowest BCUT2D eigenvalue weighted by Crippen LogP contribution is -1.92. The number of benzene rings is 1. The fourth-order valence-electron chi connectivity index (χ4n) is 1.33. The van der Waals surface area contributed by atoms with Crippen LogP contribution in [0.3, 0.4) is 0 Å². The van der Waals surface area contributed by atoms with Crippen LogP contribution >= 0.6 is 0 Å². The van der Waals surface area contributed by atoms with Gasteiger partial charge in [-0.05, 0) is 37.1 Å². The minimum Gasteiger partial charge on any atom is -0.439 e. The SMILES string of the molecule is [CH2]Cc1ccc(Oc2cccc(N)n2)cc1. The molecule has 16 heavy (non-hydrogen) atoms. The summed E-state index contributed by atoms with van der Waals surface area (Å²) in [5.41, 5.74) is 6.73. The van der Waals surface area contributed by atoms with Crippen molar-refractivity contribution < 1.29 is 4.74 Å². The molecule has 0 saturated carbocycles. The number of nitrogens with zero attached hydrogens (tertiary/aromatic N) is 1. The summed E-state index contributed by atoms with van der Waals surface area (Å²) in [6, 6.07) is 13.0. The molecule has 0 aliphatic rings. The smallest absolute Gasteiger partial charge is 0.221 e. The number of ether oxygens (including phenoxy) is 1. The van der Waals surface area contributed by atoms with Gasteiger partial charge in [-0.3, -0.25) is 0 Å². The van der Waals surface area contributed by atoms with E-state index in [0.717, 1.165) is 12.2 Å². The molecule has 0 atom stereocenters. The Morgan fingerprint density at radius 2 is 1.88 bits per heavy atom. The molecule has 2 rings (SSSR count). The number of nitrogen functional groups attached to an aromatic ring is 1. The largest absolute Gasteiger partial charge is 0.439 e. The average molecular weight is 213 g/mol. The molecule has 1 aromatic carbocycles. The fourth-order valence-corrected chi connectivity index (χ4v) is 1.33. The van der Waals surface area contributed by atoms with E-state index < -0.39 is 0 Å². The molecule has 0 amide bonds. The summed E-state index contributed by atoms with van der Waals surface area (Å²) in [6.45, 7) is 3.81. The van der Waals surface area contributed by atoms with Crippen LogP contribution in [0.5, 0.6) is 11.6 Å². The standard InChI is InChI=1S/C13H13N2O/c1-2-10-6-8-11(9-7-10)16-13-5-3-4-12(14)15-13/h3-9H,1-2H2,(H2,14,15). The van der Waals surface area contributed by atoms with E-state index in [9.17, 15) is 0 Å². The molecule has 0 spiro atoms. The van der Waals surface area contributed by atoms with E-state index in [1.807, 2.05) is 30.3 Å². The highest BCUT2D eigenvalue weighted by molar-refractivity contribution is 5.35. The molecule has 0 aliphatic carbocycles. The topological polar surface area (TPSA) is 48.1 Å². The lowest BCUT2D eigenvalue weighted by atomic mass is 10.2. The van der Waals surface area contributed by atoms with Crippen molar-refractivity contribution in [1.82, 2.24) is 4.98 Å². The Hall–Kier alpha value is -2.03. The molecule has 3 heteroatoms. The monoisotopic (exact) mass is 213 g/mol. The third-order valence-electron chi connectivity index (χ3n) is 2.18. The molecular weight excluding hydrogens is 200 g/mol. The Morgan fingerprint density at radius 1 is 1.12 bits per heavy atom. The molecular formula is C13H13N2O. The van der Waals surface area contributed by atoms with Crippen molar-refractivity contribution in [3.63, 3.8) is 0 Å². The van der Waals surface area contributed by atoms with Gasteiger partial charge in [0.2, 0.25) is 5.88 Å². The van der Waals surface area contributed by atoms with Gasteiger partial charge in [-0.2, -0.15) is 4.98 Å². The number of aromatic nitrogens is 1. The molecule has 0 saturated heterocycles. The van der Waals surface area contributed by atoms with Crippen LogP contribution in [-0.2, 0) is 6.42 Å². The van der Waals surface area contributed by atoms with Crippen LogP contribution in [-0.4, -0.2) is 4.98 Å². The van der Waals surface area contributed by atoms with Gasteiger partial charge in [0, 0.05) is 6.07 Å². The van der Waals surface area contributed by atoms with Gasteiger partial charge in [0.1, 0.15) is 11.6 Å². The van der Waals surface area contributed by atoms with E-state index in [4.69, 9.17) is 10.5 Å². The first kappa shape index (κ1) is 10.5. The average Bonchev–Trinajstić information content (AvgIpc) is 2.30. The number of hydrogen-bond acceptors (Lipinski definition) is 3. The highest BCUT2D eigenvalue weighted by atomic mass is 16.5. The molecule has 2 N–H and O–H groups in total. The molecule has 3 nitrogen and oxygen atoms in total. The number of hydrogen-bond donors (Lipinski definition) is 1. The Labute approximate surface area is 94.9 Å². The summed E-state index contributed by atoms with van der Waals surface area (Å²) < 4.78 is 5.55. The van der Waals surface area contributed by atoms with Gasteiger partial charge in [0.15, 0.2) is 0 Å². The first-order chi connectivity index (χ1) is 7.78. The molecule has 81 valence electrons. The summed E-state index contributed by atoms with van der Waals surface area (Å²) >= 11 is 0. The Morgan fingerprint density at radius 3 is 2.50 bits per heavy atom. The van der Waals surface area contributed by atoms with Crippen molar-refractivity contribution in [2.24, 2.45) is 0 Å². The molecule has 1 aromatic heterocycles. The van der Waals surface area contributed by atoms with Crippen LogP contribution in [0.25, 0.3) is 0 Å². The summed E-state index contributed by atoms with van der Waals surface area (Å²) in [4.78, 5) is 4.05. The number of anilines is 1. The van der Waals surface area contributed by atoms with Crippen LogP contribution in [0.15, 0.2) is 42.5 Å². The molecule has 0 aliphatic heterocycles. The van der Waals surface area contributed by atoms with Crippen molar-refractivity contribution in [3.05, 3.63) is 55.0 Å². The highest BCUT2D eigenvalue weighted by Gasteiger charge is 1.98. The predicted molar refractivity (Wildman–Crippen MR) is 64.2 cm³/mol. The number of nitrogens with two attached hydrogens (primary N) is 1. The molecule has 0 bridgehead atoms. The third kappa shape index (κ3) is 2.51. The van der Waals surface area contributed by atoms with Crippen molar-refractivity contribution in [2.75, 3.05) is 5.73 Å². The Balaban J connectivity index is 2.14. The van der Waals surface area contributed by atoms with E-state index in [-0.39, 0.29) is 0 Å². The second-order valence-corrected chi connectivity index (χ2v) is 3.40. The van der Waals surface area contributed by atoms with Crippen molar-refractivity contribution in [3.8, 4) is 11.6 Å². The summed E-state index contributed by atoms with van der Waals surface area (Å²) in [5, 5.41) is 0. The first-order valence-electron chi connectivity index (χ1n) is 5.06. The minimum atomic E-state index is 0.451. The second kappa shape index (κ2) is 4.66. The van der Waals surface area contributed by atoms with Crippen molar-refractivity contribution in [2.45, 2.75) is 6.42 Å². The molecule has 0 unspecified atom stereocenters. The molecule has 0 fully saturated rings. The minimum absolute atomic E-state index is 0.451.